The summed E-state index contributed by atoms with van der Waals surface area (Å²) in [5.74, 6) is -17.0. The van der Waals surface area contributed by atoms with Crippen LogP contribution in [-0.2, 0) is 150 Å². The molecule has 13 fully saturated rings. The van der Waals surface area contributed by atoms with E-state index in [2.05, 4.69) is 203 Å². The van der Waals surface area contributed by atoms with E-state index in [1.807, 2.05) is 166 Å². The van der Waals surface area contributed by atoms with E-state index in [0.29, 0.717) is 56.5 Å². The lowest BCUT2D eigenvalue weighted by atomic mass is 9.46. The van der Waals surface area contributed by atoms with Gasteiger partial charge in [-0.2, -0.15) is 25.6 Å². The zero-order chi connectivity index (χ0) is 103. The van der Waals surface area contributed by atoms with Crippen molar-refractivity contribution in [2.45, 2.75) is 133 Å². The smallest absolute Gasteiger partial charge is 0.367 e. The molecule has 6 saturated carbocycles. The van der Waals surface area contributed by atoms with Crippen molar-refractivity contribution in [1.82, 2.24) is 0 Å². The Hall–Kier alpha value is 0.990. The molecule has 10 bridgehead atoms. The third-order valence-corrected chi connectivity index (χ3v) is 49.5. The van der Waals surface area contributed by atoms with Gasteiger partial charge in [-0.05, 0) is 431 Å². The fourth-order valence-corrected chi connectivity index (χ4v) is 36.4. The normalized spacial score (nSPS) is 30.3. The molecular formula is C77H57F2I15O40S6-4. The number of rotatable bonds is 26. The quantitative estimate of drug-likeness (QED) is 0.0124. The van der Waals surface area contributed by atoms with Gasteiger partial charge >= 0.3 is 64.9 Å². The number of alkyl halides is 2. The van der Waals surface area contributed by atoms with Gasteiger partial charge in [0, 0.05) is 84.7 Å². The number of carbonyl (C=O) groups is 10. The molecule has 22 unspecified atom stereocenters. The summed E-state index contributed by atoms with van der Waals surface area (Å²) >= 11 is 30.9. The number of fused-ring (bicyclic) bond motifs is 3. The monoisotopic (exact) mass is 3750 g/mol. The first-order valence-electron chi connectivity index (χ1n) is 39.8. The van der Waals surface area contributed by atoms with Crippen molar-refractivity contribution in [3.63, 3.8) is 0 Å². The number of hydrogen-bond donors (Lipinski definition) is 0. The second-order valence-corrected chi connectivity index (χ2v) is 60.3. The largest absolute Gasteiger partial charge is 0.748 e. The van der Waals surface area contributed by atoms with Gasteiger partial charge in [-0.15, -0.1) is 0 Å². The van der Waals surface area contributed by atoms with Crippen LogP contribution in [0.3, 0.4) is 0 Å². The van der Waals surface area contributed by atoms with Crippen LogP contribution in [-0.4, -0.2) is 260 Å². The van der Waals surface area contributed by atoms with Gasteiger partial charge in [-0.3, -0.25) is 32.3 Å². The van der Waals surface area contributed by atoms with Crippen LogP contribution in [0, 0.1) is 100 Å². The minimum absolute atomic E-state index is 0.0722. The minimum Gasteiger partial charge on any atom is -0.748 e. The molecule has 63 heteroatoms. The van der Waals surface area contributed by atoms with Crippen molar-refractivity contribution < 1.29 is 191 Å². The van der Waals surface area contributed by atoms with Crippen molar-refractivity contribution in [3.8, 4) is 0 Å². The van der Waals surface area contributed by atoms with Gasteiger partial charge in [-0.1, -0.05) is 0 Å². The summed E-state index contributed by atoms with van der Waals surface area (Å²) in [6.07, 6.45) is -8.99. The van der Waals surface area contributed by atoms with Gasteiger partial charge in [0.2, 0.25) is 0 Å². The number of halogens is 17. The molecule has 0 N–H and O–H groups in total. The predicted molar refractivity (Wildman–Crippen MR) is 591 cm³/mol. The summed E-state index contributed by atoms with van der Waals surface area (Å²) in [5, 5.41) is -7.36. The molecule has 22 atom stereocenters. The van der Waals surface area contributed by atoms with E-state index < -0.39 is 293 Å². The summed E-state index contributed by atoms with van der Waals surface area (Å²) < 4.78 is 295. The summed E-state index contributed by atoms with van der Waals surface area (Å²) in [4.78, 5) is 130. The van der Waals surface area contributed by atoms with Crippen LogP contribution in [0.25, 0.3) is 0 Å². The van der Waals surface area contributed by atoms with Crippen molar-refractivity contribution in [1.29, 1.82) is 0 Å². The van der Waals surface area contributed by atoms with Gasteiger partial charge in [0.1, 0.15) is 102 Å². The van der Waals surface area contributed by atoms with Crippen molar-refractivity contribution in [2.75, 3.05) is 43.7 Å². The first-order valence-corrected chi connectivity index (χ1v) is 65.0. The molecule has 0 spiro atoms. The second-order valence-electron chi connectivity index (χ2n) is 33.4. The zero-order valence-corrected chi connectivity index (χ0v) is 106. The maximum absolute atomic E-state index is 14.0. The van der Waals surface area contributed by atoms with Gasteiger partial charge in [0.05, 0.1) is 86.8 Å². The Bertz CT molecular complexity index is 6610. The van der Waals surface area contributed by atoms with Crippen LogP contribution < -0.4 is 0 Å². The Balaban J connectivity index is 0.000000151. The Morgan fingerprint density at radius 3 is 1.27 bits per heavy atom. The summed E-state index contributed by atoms with van der Waals surface area (Å²) in [6.45, 7) is -4.02. The maximum Gasteiger partial charge on any atom is 0.367 e. The van der Waals surface area contributed by atoms with E-state index in [1.54, 1.807) is 30.3 Å². The molecule has 0 radical (unpaired) electrons. The molecular weight excluding hydrogens is 3700 g/mol. The highest BCUT2D eigenvalue weighted by Gasteiger charge is 2.77. The third-order valence-electron chi connectivity index (χ3n) is 24.5. The van der Waals surface area contributed by atoms with Gasteiger partial charge in [0.25, 0.3) is 20.2 Å². The molecule has 140 heavy (non-hydrogen) atoms. The molecule has 6 aliphatic carbocycles. The van der Waals surface area contributed by atoms with Crippen molar-refractivity contribution in [3.05, 3.63) is 142 Å². The molecule has 7 aliphatic heterocycles. The second kappa shape index (κ2) is 44.7. The van der Waals surface area contributed by atoms with E-state index in [-0.39, 0.29) is 43.6 Å². The Labute approximate surface area is 998 Å². The Kier molecular flexibility index (Phi) is 37.2. The Morgan fingerprint density at radius 2 is 0.814 bits per heavy atom. The highest BCUT2D eigenvalue weighted by Crippen LogP contribution is 2.67. The average molecular weight is 3760 g/mol. The van der Waals surface area contributed by atoms with E-state index >= 15 is 0 Å². The molecule has 18 rings (SSSR count). The van der Waals surface area contributed by atoms with Crippen molar-refractivity contribution in [2.24, 2.45) is 46.8 Å². The summed E-state index contributed by atoms with van der Waals surface area (Å²) in [7, 11) is -28.2. The molecule has 0 aromatic heterocycles. The molecule has 13 aliphatic rings. The number of ether oxygens (including phenoxy) is 12. The van der Waals surface area contributed by atoms with E-state index in [4.69, 9.17) is 65.2 Å². The SMILES string of the molecule is O=C(OC12CC3CC(OC(=O)c4c(I)ccc(I)c4I)(C1)CC(C(=O)OCC(F)(F)S(=O)(=O)[O-])(C3)C2)c1cc(I)cc(I)c1I.O=C(OC1C2CC3C1OS(=O)(=O)C3C2C(=O)OCCS(=O)(=O)[O-])c1cc(I)cc(I)c1I.O=C(OC1C2OC(=O)C3C2OC1C3C(=O)OCCS(=O)(=O)[O-])c1cc(I)cc(I)c1I.O=C(OC1C2OS(=O)(=O)C3C2OC1C3C(=O)OCCS(=O)(=O)[O-])c1cc(I)cc(I)c1I. The highest BCUT2D eigenvalue weighted by molar-refractivity contribution is 14.1. The lowest BCUT2D eigenvalue weighted by Crippen LogP contribution is -2.67. The molecule has 7 saturated heterocycles. The molecule has 764 valence electrons. The Morgan fingerprint density at radius 1 is 0.421 bits per heavy atom. The fraction of sp³-hybridized carbons (Fsp3) is 0.481. The molecule has 40 nitrogen and oxygen atoms in total. The maximum atomic E-state index is 14.0. The minimum atomic E-state index is -6.10. The standard InChI is InChI=1S/C27H20F2I6O9S.C17H15I3O10S2.C17H13I3O10S.C16H13I3O11S2/c28-27(29,45(39,40)41)11-42-23(38)24-5-12-6-25(8-24,43-21(36)14-3-13(30)4-17(33)19(14)34)10-26(7-12,9-24)44-22(37)18-15(31)1-2-16(32)20(18)35;18-6-3-8(12(20)10(19)4-6)16(21)29-13-7-5-9-14(13)30-32(26,27)15(9)11(7)17(22)28-1-2-31(23,24)25;18-5-3-6(10(20)7(19)4-5)15(21)29-13-11-8(16(22)27-1-2-31(24,25)26)9-12(28-11)14(13)30-17(9)23;17-5-3-6(9(19)7(18)4-5)15(20)29-11-10-8(16(21)27-1-2-31(22,23)24)14-13(28-10)12(11)30-32(14,25)26/h1-4,12H,5-11H2,(H,39,40,41);3-4,7,9,11,13-15H,1-2,5H2,(H,23,24,25);3-4,8-9,11-14H,1-2H2,(H,24,25,26);3-4,8,10-14H,1-2H2,(H,22,23,24)/p-4. The molecule has 5 aromatic carbocycles. The van der Waals surface area contributed by atoms with Gasteiger partial charge in [0.15, 0.2) is 35.0 Å². The molecule has 0 amide bonds. The van der Waals surface area contributed by atoms with Crippen LogP contribution >= 0.6 is 339 Å². The third kappa shape index (κ3) is 25.1. The van der Waals surface area contributed by atoms with E-state index in [9.17, 15) is 125 Å². The van der Waals surface area contributed by atoms with Crippen LogP contribution in [0.5, 0.6) is 0 Å². The summed E-state index contributed by atoms with van der Waals surface area (Å²) in [5.41, 5.74) is -2.60. The zero-order valence-electron chi connectivity index (χ0n) is 68.8. The first-order chi connectivity index (χ1) is 64.8. The van der Waals surface area contributed by atoms with E-state index in [1.165, 1.54) is 0 Å². The first kappa shape index (κ1) is 117. The number of esters is 10. The molecule has 7 heterocycles. The van der Waals surface area contributed by atoms with Gasteiger partial charge in [-0.25, -0.2) is 57.6 Å². The van der Waals surface area contributed by atoms with Crippen molar-refractivity contribution >= 4 is 459 Å². The predicted octanol–water partition coefficient (Wildman–Crippen LogP) is 10.6. The fourth-order valence-electron chi connectivity index (χ4n) is 19.6. The topological polar surface area (TPSA) is 597 Å². The highest BCUT2D eigenvalue weighted by atomic mass is 127. The summed E-state index contributed by atoms with van der Waals surface area (Å²) in [6, 6.07) is 17.8. The average Bonchev–Trinajstić information content (AvgIpc) is 1.06. The van der Waals surface area contributed by atoms with Crippen LogP contribution in [0.4, 0.5) is 8.78 Å². The van der Waals surface area contributed by atoms with Crippen LogP contribution in [0.1, 0.15) is 96.7 Å². The van der Waals surface area contributed by atoms with Gasteiger partial charge < -0.3 is 75.1 Å². The number of hydrogen-bond acceptors (Lipinski definition) is 40. The van der Waals surface area contributed by atoms with Crippen LogP contribution in [0.15, 0.2) is 60.7 Å². The van der Waals surface area contributed by atoms with E-state index in [0.717, 1.165) is 32.1 Å². The molecule has 5 aromatic rings. The van der Waals surface area contributed by atoms with Crippen LogP contribution in [0.2, 0.25) is 0 Å². The lowest BCUT2D eigenvalue weighted by molar-refractivity contribution is -0.238. The number of carbonyl (C=O) groups excluding carboxylic acids is 10. The number of benzene rings is 5. The lowest BCUT2D eigenvalue weighted by Gasteiger charge is -2.63.